The van der Waals surface area contributed by atoms with Gasteiger partial charge in [-0.1, -0.05) is 90.4 Å². The van der Waals surface area contributed by atoms with Crippen molar-refractivity contribution in [3.05, 3.63) is 0 Å². The molecule has 0 radical (unpaired) electrons. The van der Waals surface area contributed by atoms with Gasteiger partial charge in [0.2, 0.25) is 0 Å². The second-order valence-corrected chi connectivity index (χ2v) is 9.95. The summed E-state index contributed by atoms with van der Waals surface area (Å²) in [6.07, 6.45) is 11.7. The number of esters is 3. The molecule has 0 aromatic carbocycles. The van der Waals surface area contributed by atoms with E-state index in [0.717, 1.165) is 19.3 Å². The summed E-state index contributed by atoms with van der Waals surface area (Å²) in [5.74, 6) is -1.76. The van der Waals surface area contributed by atoms with Gasteiger partial charge in [-0.15, -0.1) is 0 Å². The molecule has 1 aliphatic rings. The lowest BCUT2D eigenvalue weighted by Gasteiger charge is -2.43. The zero-order valence-electron chi connectivity index (χ0n) is 23.4. The number of carbonyl (C=O) groups excluding carboxylic acids is 3. The van der Waals surface area contributed by atoms with Gasteiger partial charge < -0.3 is 28.8 Å². The van der Waals surface area contributed by atoms with E-state index in [9.17, 15) is 19.5 Å². The number of ether oxygens (including phenoxy) is 5. The van der Waals surface area contributed by atoms with Crippen molar-refractivity contribution in [3.8, 4) is 0 Å². The molecule has 0 amide bonds. The van der Waals surface area contributed by atoms with Crippen molar-refractivity contribution >= 4 is 17.9 Å². The summed E-state index contributed by atoms with van der Waals surface area (Å²) in [5, 5.41) is 10.4. The van der Waals surface area contributed by atoms with Crippen LogP contribution in [0.25, 0.3) is 0 Å². The van der Waals surface area contributed by atoms with Crippen LogP contribution in [0.1, 0.15) is 118 Å². The fourth-order valence-corrected chi connectivity index (χ4v) is 4.59. The predicted molar refractivity (Wildman–Crippen MR) is 139 cm³/mol. The molecule has 0 aromatic rings. The second kappa shape index (κ2) is 20.3. The minimum absolute atomic E-state index is 0.240. The highest BCUT2D eigenvalue weighted by molar-refractivity contribution is 5.67. The van der Waals surface area contributed by atoms with Crippen molar-refractivity contribution < 1.29 is 43.2 Å². The first-order valence-corrected chi connectivity index (χ1v) is 14.2. The lowest BCUT2D eigenvalue weighted by Crippen LogP contribution is -2.62. The standard InChI is InChI=1S/C28H50O9/c1-5-6-7-8-9-10-11-12-13-14-15-16-17-18-19-33-26-25(35-22(3)30)24(20-34-21(2)29)37-28(32)27(26)36-23(4)31/h24-28,32H,5-20H2,1-4H3/t24-,25-,26+,27-,28+/m1/s1. The van der Waals surface area contributed by atoms with Gasteiger partial charge >= 0.3 is 17.9 Å². The fourth-order valence-electron chi connectivity index (χ4n) is 4.59. The Labute approximate surface area is 222 Å². The van der Waals surface area contributed by atoms with Gasteiger partial charge in [-0.05, 0) is 6.42 Å². The van der Waals surface area contributed by atoms with E-state index in [1.54, 1.807) is 0 Å². The molecule has 1 heterocycles. The summed E-state index contributed by atoms with van der Waals surface area (Å²) in [6.45, 7) is 6.03. The Morgan fingerprint density at radius 3 is 1.57 bits per heavy atom. The monoisotopic (exact) mass is 530 g/mol. The van der Waals surface area contributed by atoms with Crippen LogP contribution in [-0.4, -0.2) is 66.9 Å². The van der Waals surface area contributed by atoms with Gasteiger partial charge in [0.1, 0.15) is 18.8 Å². The zero-order chi connectivity index (χ0) is 27.5. The van der Waals surface area contributed by atoms with Gasteiger partial charge in [-0.2, -0.15) is 0 Å². The molecule has 0 bridgehead atoms. The van der Waals surface area contributed by atoms with Crippen LogP contribution in [0.4, 0.5) is 0 Å². The summed E-state index contributed by atoms with van der Waals surface area (Å²) in [6, 6.07) is 0. The van der Waals surface area contributed by atoms with E-state index in [0.29, 0.717) is 6.61 Å². The summed E-state index contributed by atoms with van der Waals surface area (Å²) in [5.41, 5.74) is 0. The SMILES string of the molecule is CCCCCCCCCCCCCCCCO[C@@H]1[C@@H](OC(C)=O)[C@@H](O)O[C@H](COC(C)=O)[C@H]1OC(C)=O. The number of hydrogen-bond donors (Lipinski definition) is 1. The predicted octanol–water partition coefficient (Wildman–Crippen LogP) is 5.00. The maximum atomic E-state index is 11.8. The molecule has 0 aliphatic carbocycles. The molecule has 9 heteroatoms. The van der Waals surface area contributed by atoms with Crippen molar-refractivity contribution in [2.75, 3.05) is 13.2 Å². The normalized spacial score (nSPS) is 23.4. The smallest absolute Gasteiger partial charge is 0.303 e. The Morgan fingerprint density at radius 1 is 0.649 bits per heavy atom. The molecule has 1 rings (SSSR count). The largest absolute Gasteiger partial charge is 0.463 e. The van der Waals surface area contributed by atoms with Crippen LogP contribution in [0.3, 0.4) is 0 Å². The van der Waals surface area contributed by atoms with Gasteiger partial charge in [0.05, 0.1) is 0 Å². The summed E-state index contributed by atoms with van der Waals surface area (Å²) in [4.78, 5) is 34.6. The number of hydrogen-bond acceptors (Lipinski definition) is 9. The third kappa shape index (κ3) is 15.3. The molecular weight excluding hydrogens is 480 g/mol. The van der Waals surface area contributed by atoms with E-state index >= 15 is 0 Å². The molecule has 216 valence electrons. The van der Waals surface area contributed by atoms with Crippen molar-refractivity contribution in [3.63, 3.8) is 0 Å². The van der Waals surface area contributed by atoms with Crippen molar-refractivity contribution in [1.82, 2.24) is 0 Å². The Kier molecular flexibility index (Phi) is 18.3. The fraction of sp³-hybridized carbons (Fsp3) is 0.893. The molecule has 1 saturated heterocycles. The molecule has 0 aromatic heterocycles. The lowest BCUT2D eigenvalue weighted by molar-refractivity contribution is -0.300. The van der Waals surface area contributed by atoms with Gasteiger partial charge in [-0.3, -0.25) is 14.4 Å². The van der Waals surface area contributed by atoms with Crippen molar-refractivity contribution in [2.45, 2.75) is 148 Å². The van der Waals surface area contributed by atoms with E-state index in [1.165, 1.54) is 91.4 Å². The van der Waals surface area contributed by atoms with Crippen LogP contribution < -0.4 is 0 Å². The first-order chi connectivity index (χ1) is 17.8. The molecule has 0 unspecified atom stereocenters. The minimum Gasteiger partial charge on any atom is -0.463 e. The van der Waals surface area contributed by atoms with E-state index < -0.39 is 48.6 Å². The minimum atomic E-state index is -1.52. The maximum Gasteiger partial charge on any atom is 0.303 e. The average Bonchev–Trinajstić information content (AvgIpc) is 2.83. The van der Waals surface area contributed by atoms with Gasteiger partial charge in [-0.25, -0.2) is 0 Å². The van der Waals surface area contributed by atoms with Gasteiger partial charge in [0, 0.05) is 27.4 Å². The first kappa shape index (κ1) is 33.3. The van der Waals surface area contributed by atoms with Crippen molar-refractivity contribution in [2.24, 2.45) is 0 Å². The molecule has 5 atom stereocenters. The van der Waals surface area contributed by atoms with Gasteiger partial charge in [0.25, 0.3) is 0 Å². The molecule has 1 fully saturated rings. The average molecular weight is 531 g/mol. The van der Waals surface area contributed by atoms with E-state index in [1.807, 2.05) is 0 Å². The highest BCUT2D eigenvalue weighted by atomic mass is 16.7. The Bertz CT molecular complexity index is 639. The zero-order valence-corrected chi connectivity index (χ0v) is 23.4. The number of carbonyl (C=O) groups is 3. The Balaban J connectivity index is 2.41. The van der Waals surface area contributed by atoms with E-state index in [-0.39, 0.29) is 6.61 Å². The summed E-state index contributed by atoms with van der Waals surface area (Å²) in [7, 11) is 0. The third-order valence-corrected chi connectivity index (χ3v) is 6.47. The molecule has 0 spiro atoms. The Morgan fingerprint density at radius 2 is 1.11 bits per heavy atom. The van der Waals surface area contributed by atoms with Crippen LogP contribution in [0.15, 0.2) is 0 Å². The van der Waals surface area contributed by atoms with Crippen LogP contribution >= 0.6 is 0 Å². The quantitative estimate of drug-likeness (QED) is 0.132. The van der Waals surface area contributed by atoms with Crippen LogP contribution in [-0.2, 0) is 38.1 Å². The molecular formula is C28H50O9. The number of unbranched alkanes of at least 4 members (excludes halogenated alkanes) is 13. The molecule has 1 N–H and O–H groups in total. The topological polar surface area (TPSA) is 118 Å². The molecule has 1 aliphatic heterocycles. The van der Waals surface area contributed by atoms with Gasteiger partial charge in [0.15, 0.2) is 18.5 Å². The van der Waals surface area contributed by atoms with E-state index in [4.69, 9.17) is 23.7 Å². The number of rotatable bonds is 20. The highest BCUT2D eigenvalue weighted by Gasteiger charge is 2.50. The molecule has 0 saturated carbocycles. The third-order valence-electron chi connectivity index (χ3n) is 6.47. The number of aliphatic hydroxyl groups is 1. The summed E-state index contributed by atoms with van der Waals surface area (Å²) >= 11 is 0. The van der Waals surface area contributed by atoms with Crippen LogP contribution in [0.2, 0.25) is 0 Å². The maximum absolute atomic E-state index is 11.8. The molecule has 9 nitrogen and oxygen atoms in total. The van der Waals surface area contributed by atoms with E-state index in [2.05, 4.69) is 6.92 Å². The second-order valence-electron chi connectivity index (χ2n) is 9.95. The summed E-state index contributed by atoms with van der Waals surface area (Å²) < 4.78 is 27.1. The van der Waals surface area contributed by atoms with Crippen LogP contribution in [0.5, 0.6) is 0 Å². The molecule has 37 heavy (non-hydrogen) atoms. The van der Waals surface area contributed by atoms with Crippen LogP contribution in [0, 0.1) is 0 Å². The number of aliphatic hydroxyl groups excluding tert-OH is 1. The Hall–Kier alpha value is -1.71. The van der Waals surface area contributed by atoms with Crippen molar-refractivity contribution in [1.29, 1.82) is 0 Å². The highest BCUT2D eigenvalue weighted by Crippen LogP contribution is 2.28. The lowest BCUT2D eigenvalue weighted by atomic mass is 9.98. The first-order valence-electron chi connectivity index (χ1n) is 14.2.